The molecule has 2 heteroatoms. The van der Waals surface area contributed by atoms with Crippen LogP contribution >= 0.6 is 0 Å². The van der Waals surface area contributed by atoms with Gasteiger partial charge in [-0.1, -0.05) is 63.8 Å². The summed E-state index contributed by atoms with van der Waals surface area (Å²) in [7, 11) is 0. The van der Waals surface area contributed by atoms with Gasteiger partial charge in [-0.2, -0.15) is 0 Å². The van der Waals surface area contributed by atoms with Crippen LogP contribution in [0.4, 0.5) is 0 Å². The molecule has 0 spiro atoms. The van der Waals surface area contributed by atoms with Gasteiger partial charge in [0.2, 0.25) is 0 Å². The molecule has 1 fully saturated rings. The molecule has 0 aromatic rings. The van der Waals surface area contributed by atoms with Crippen molar-refractivity contribution in [2.24, 2.45) is 5.92 Å². The van der Waals surface area contributed by atoms with Crippen LogP contribution in [0, 0.1) is 5.92 Å². The maximum atomic E-state index is 9.44. The third-order valence-electron chi connectivity index (χ3n) is 4.11. The zero-order chi connectivity index (χ0) is 18.0. The second kappa shape index (κ2) is 17.0. The summed E-state index contributed by atoms with van der Waals surface area (Å²) in [6, 6.07) is 0. The first-order valence-electron chi connectivity index (χ1n) is 10.0. The van der Waals surface area contributed by atoms with Gasteiger partial charge in [0.25, 0.3) is 0 Å². The monoisotopic (exact) mass is 336 g/mol. The number of carbonyl (C=O) groups is 1. The Bertz CT molecular complexity index is 340. The fourth-order valence-corrected chi connectivity index (χ4v) is 2.80. The van der Waals surface area contributed by atoms with E-state index in [0.29, 0.717) is 12.0 Å². The van der Waals surface area contributed by atoms with Crippen LogP contribution in [0.2, 0.25) is 0 Å². The Hall–Kier alpha value is -0.890. The highest BCUT2D eigenvalue weighted by Gasteiger charge is 2.22. The zero-order valence-corrected chi connectivity index (χ0v) is 16.6. The smallest absolute Gasteiger partial charge is 0.126 e. The largest absolute Gasteiger partial charge is 0.374 e. The molecule has 1 aliphatic heterocycles. The van der Waals surface area contributed by atoms with E-state index in [4.69, 9.17) is 4.74 Å². The van der Waals surface area contributed by atoms with Crippen molar-refractivity contribution in [3.8, 4) is 0 Å². The van der Waals surface area contributed by atoms with Crippen LogP contribution in [-0.2, 0) is 9.53 Å². The van der Waals surface area contributed by atoms with Crippen molar-refractivity contribution >= 4 is 5.78 Å². The highest BCUT2D eigenvalue weighted by atomic mass is 16.5. The number of hydrogen-bond acceptors (Lipinski definition) is 2. The van der Waals surface area contributed by atoms with Gasteiger partial charge < -0.3 is 9.53 Å². The van der Waals surface area contributed by atoms with Crippen LogP contribution in [0.1, 0.15) is 91.9 Å². The summed E-state index contributed by atoms with van der Waals surface area (Å²) < 4.78 is 5.95. The Labute approximate surface area is 150 Å². The molecule has 0 aromatic carbocycles. The summed E-state index contributed by atoms with van der Waals surface area (Å²) in [5.74, 6) is 0.865. The van der Waals surface area contributed by atoms with E-state index in [0.717, 1.165) is 6.61 Å². The molecular weight excluding hydrogens is 296 g/mol. The van der Waals surface area contributed by atoms with E-state index in [1.165, 1.54) is 78.1 Å². The minimum atomic E-state index is 0.167. The third kappa shape index (κ3) is 14.7. The molecule has 0 amide bonds. The van der Waals surface area contributed by atoms with E-state index in [1.807, 2.05) is 0 Å². The van der Waals surface area contributed by atoms with Gasteiger partial charge in [-0.25, -0.2) is 0 Å². The zero-order valence-electron chi connectivity index (χ0n) is 16.6. The number of ketones is 1. The Morgan fingerprint density at radius 3 is 2.42 bits per heavy atom. The predicted molar refractivity (Wildman–Crippen MR) is 105 cm³/mol. The molecule has 1 rings (SSSR count). The summed E-state index contributed by atoms with van der Waals surface area (Å²) in [6.07, 6.45) is 22.6. The molecule has 1 heterocycles. The number of allylic oxidation sites excluding steroid dienone is 3. The van der Waals surface area contributed by atoms with Gasteiger partial charge in [0.15, 0.2) is 0 Å². The average Bonchev–Trinajstić information content (AvgIpc) is 2.55. The minimum Gasteiger partial charge on any atom is -0.374 e. The van der Waals surface area contributed by atoms with Gasteiger partial charge in [0.05, 0.1) is 6.10 Å². The Morgan fingerprint density at radius 2 is 1.75 bits per heavy atom. The average molecular weight is 337 g/mol. The van der Waals surface area contributed by atoms with Crippen LogP contribution in [0.25, 0.3) is 0 Å². The number of unbranched alkanes of at least 4 members (excludes halogenated alkanes) is 5. The summed E-state index contributed by atoms with van der Waals surface area (Å²) in [5.41, 5.74) is 0. The molecule has 2 nitrogen and oxygen atoms in total. The minimum absolute atomic E-state index is 0.167. The summed E-state index contributed by atoms with van der Waals surface area (Å²) in [6.45, 7) is 8.50. The molecule has 0 aliphatic carbocycles. The fraction of sp³-hybridized carbons (Fsp3) is 0.773. The second-order valence-electron chi connectivity index (χ2n) is 6.92. The van der Waals surface area contributed by atoms with Crippen molar-refractivity contribution in [1.29, 1.82) is 0 Å². The number of rotatable bonds is 10. The molecule has 1 aliphatic rings. The normalized spacial score (nSPS) is 21.0. The molecule has 0 aromatic heterocycles. The highest BCUT2D eigenvalue weighted by Crippen LogP contribution is 2.25. The van der Waals surface area contributed by atoms with Crippen molar-refractivity contribution in [1.82, 2.24) is 0 Å². The maximum absolute atomic E-state index is 9.44. The lowest BCUT2D eigenvalue weighted by molar-refractivity contribution is -0.114. The first-order chi connectivity index (χ1) is 11.6. The van der Waals surface area contributed by atoms with Crippen LogP contribution in [-0.4, -0.2) is 18.5 Å². The number of hydrogen-bond donors (Lipinski definition) is 0. The van der Waals surface area contributed by atoms with Gasteiger partial charge in [0, 0.05) is 6.61 Å². The molecule has 2 atom stereocenters. The predicted octanol–water partition coefficient (Wildman–Crippen LogP) is 6.65. The fourth-order valence-electron chi connectivity index (χ4n) is 2.80. The summed E-state index contributed by atoms with van der Waals surface area (Å²) >= 11 is 0. The van der Waals surface area contributed by atoms with Crippen molar-refractivity contribution in [3.63, 3.8) is 0 Å². The molecule has 1 unspecified atom stereocenters. The molecule has 0 radical (unpaired) electrons. The number of carbonyl (C=O) groups excluding carboxylic acids is 1. The summed E-state index contributed by atoms with van der Waals surface area (Å²) in [4.78, 5) is 9.44. The lowest BCUT2D eigenvalue weighted by Gasteiger charge is -2.29. The van der Waals surface area contributed by atoms with E-state index in [1.54, 1.807) is 0 Å². The van der Waals surface area contributed by atoms with E-state index < -0.39 is 0 Å². The van der Waals surface area contributed by atoms with E-state index in [2.05, 4.69) is 38.2 Å². The van der Waals surface area contributed by atoms with Crippen molar-refractivity contribution in [2.45, 2.75) is 98.0 Å². The molecule has 1 saturated heterocycles. The van der Waals surface area contributed by atoms with Gasteiger partial charge in [-0.05, 0) is 58.3 Å². The molecule has 0 N–H and O–H groups in total. The van der Waals surface area contributed by atoms with E-state index in [9.17, 15) is 4.79 Å². The first-order valence-corrected chi connectivity index (χ1v) is 10.0. The number of ether oxygens (including phenoxy) is 1. The van der Waals surface area contributed by atoms with Crippen LogP contribution in [0.3, 0.4) is 0 Å². The van der Waals surface area contributed by atoms with Crippen LogP contribution in [0.15, 0.2) is 24.3 Å². The Balaban J connectivity index is 0.00000118. The quantitative estimate of drug-likeness (QED) is 0.330. The Kier molecular flexibility index (Phi) is 16.3. The molecule has 0 bridgehead atoms. The first kappa shape index (κ1) is 23.1. The van der Waals surface area contributed by atoms with E-state index >= 15 is 0 Å². The lowest BCUT2D eigenvalue weighted by Crippen LogP contribution is -2.27. The van der Waals surface area contributed by atoms with Crippen LogP contribution < -0.4 is 0 Å². The summed E-state index contributed by atoms with van der Waals surface area (Å²) in [5, 5.41) is 0. The second-order valence-corrected chi connectivity index (χ2v) is 6.92. The van der Waals surface area contributed by atoms with Gasteiger partial charge in [0.1, 0.15) is 5.78 Å². The number of Topliss-reactive ketones (excluding diaryl/α,β-unsaturated/α-hetero) is 1. The Morgan fingerprint density at radius 1 is 1.00 bits per heavy atom. The van der Waals surface area contributed by atoms with Crippen molar-refractivity contribution < 1.29 is 9.53 Å². The molecule has 140 valence electrons. The highest BCUT2D eigenvalue weighted by molar-refractivity contribution is 5.72. The maximum Gasteiger partial charge on any atom is 0.126 e. The lowest BCUT2D eigenvalue weighted by atomic mass is 9.90. The topological polar surface area (TPSA) is 26.3 Å². The molecule has 0 saturated carbocycles. The SMILES string of the molecule is CC(C)=O.CCC/C=C\C[C@H]1CCCOC1/C=C/CCCCCC. The molecular formula is C22H40O2. The van der Waals surface area contributed by atoms with Gasteiger partial charge >= 0.3 is 0 Å². The van der Waals surface area contributed by atoms with Gasteiger partial charge in [-0.15, -0.1) is 0 Å². The van der Waals surface area contributed by atoms with Crippen molar-refractivity contribution in [2.75, 3.05) is 6.61 Å². The molecule has 24 heavy (non-hydrogen) atoms. The van der Waals surface area contributed by atoms with Crippen molar-refractivity contribution in [3.05, 3.63) is 24.3 Å². The third-order valence-corrected chi connectivity index (χ3v) is 4.11. The van der Waals surface area contributed by atoms with E-state index in [-0.39, 0.29) is 5.78 Å². The van der Waals surface area contributed by atoms with Gasteiger partial charge in [-0.3, -0.25) is 0 Å². The standard InChI is InChI=1S/C19H34O.C3H6O/c1-3-5-7-9-10-12-16-19-18(15-13-17-20-19)14-11-8-6-4-2;1-3(2)4/h8,11-12,16,18-19H,3-7,9-10,13-15,17H2,1-2H3;1-2H3/b11-8-,16-12+;/t18-,19?;/m0./s1. The van der Waals surface area contributed by atoms with Crippen LogP contribution in [0.5, 0.6) is 0 Å².